The van der Waals surface area contributed by atoms with Crippen LogP contribution in [0.1, 0.15) is 30.5 Å². The molecular formula is C21H27N5O2S2. The number of nitrogens with zero attached hydrogens (tertiary/aromatic N) is 4. The number of sulfonamides is 1. The average molecular weight is 446 g/mol. The maximum Gasteiger partial charge on any atom is 0.243 e. The van der Waals surface area contributed by atoms with Crippen molar-refractivity contribution in [1.82, 2.24) is 19.2 Å². The van der Waals surface area contributed by atoms with Gasteiger partial charge in [-0.3, -0.25) is 0 Å². The number of hydrogen-bond acceptors (Lipinski definition) is 6. The molecule has 0 unspecified atom stereocenters. The predicted molar refractivity (Wildman–Crippen MR) is 121 cm³/mol. The fourth-order valence-corrected chi connectivity index (χ4v) is 5.60. The Hall–Kier alpha value is -2.36. The molecule has 0 radical (unpaired) electrons. The van der Waals surface area contributed by atoms with Crippen molar-refractivity contribution in [2.75, 3.05) is 18.9 Å². The molecule has 0 spiro atoms. The Labute approximate surface area is 182 Å². The van der Waals surface area contributed by atoms with E-state index in [2.05, 4.69) is 42.2 Å². The molecular weight excluding hydrogens is 418 g/mol. The minimum Gasteiger partial charge on any atom is -0.335 e. The van der Waals surface area contributed by atoms with Crippen molar-refractivity contribution in [2.24, 2.45) is 0 Å². The zero-order valence-electron chi connectivity index (χ0n) is 17.7. The third-order valence-electron chi connectivity index (χ3n) is 4.96. The van der Waals surface area contributed by atoms with Gasteiger partial charge in [-0.15, -0.1) is 10.2 Å². The molecule has 2 aromatic carbocycles. The Morgan fingerprint density at radius 1 is 1.07 bits per heavy atom. The van der Waals surface area contributed by atoms with E-state index in [0.29, 0.717) is 29.6 Å². The fourth-order valence-electron chi connectivity index (χ4n) is 3.18. The van der Waals surface area contributed by atoms with E-state index < -0.39 is 10.0 Å². The number of nitrogen functional groups attached to an aromatic ring is 1. The monoisotopic (exact) mass is 445 g/mol. The summed E-state index contributed by atoms with van der Waals surface area (Å²) >= 11 is 1.50. The second-order valence-corrected chi connectivity index (χ2v) is 9.89. The van der Waals surface area contributed by atoms with Gasteiger partial charge in [0.25, 0.3) is 0 Å². The van der Waals surface area contributed by atoms with Gasteiger partial charge in [0.2, 0.25) is 15.2 Å². The first-order chi connectivity index (χ1) is 14.3. The molecule has 0 aliphatic rings. The highest BCUT2D eigenvalue weighted by Gasteiger charge is 2.23. The van der Waals surface area contributed by atoms with Gasteiger partial charge in [-0.05, 0) is 37.1 Å². The first-order valence-electron chi connectivity index (χ1n) is 9.78. The Kier molecular flexibility index (Phi) is 6.84. The summed E-state index contributed by atoms with van der Waals surface area (Å²) in [6, 6.07) is 13.0. The molecule has 0 amide bonds. The number of thioether (sulfide) groups is 1. The van der Waals surface area contributed by atoms with E-state index in [1.807, 2.05) is 13.8 Å². The van der Waals surface area contributed by atoms with Gasteiger partial charge < -0.3 is 5.84 Å². The van der Waals surface area contributed by atoms with Crippen LogP contribution in [0.5, 0.6) is 0 Å². The van der Waals surface area contributed by atoms with Gasteiger partial charge in [0.05, 0.1) is 4.90 Å². The minimum absolute atomic E-state index is 0.219. The second kappa shape index (κ2) is 9.20. The predicted octanol–water partition coefficient (Wildman–Crippen LogP) is 3.60. The van der Waals surface area contributed by atoms with Gasteiger partial charge >= 0.3 is 0 Å². The summed E-state index contributed by atoms with van der Waals surface area (Å²) in [5.41, 5.74) is 4.25. The van der Waals surface area contributed by atoms with Crippen molar-refractivity contribution in [2.45, 2.75) is 43.5 Å². The highest BCUT2D eigenvalue weighted by atomic mass is 32.2. The zero-order valence-corrected chi connectivity index (χ0v) is 19.3. The van der Waals surface area contributed by atoms with Crippen LogP contribution in [-0.2, 0) is 15.8 Å². The van der Waals surface area contributed by atoms with Gasteiger partial charge in [0, 0.05) is 24.4 Å². The van der Waals surface area contributed by atoms with E-state index in [9.17, 15) is 8.42 Å². The molecule has 9 heteroatoms. The summed E-state index contributed by atoms with van der Waals surface area (Å²) < 4.78 is 28.5. The van der Waals surface area contributed by atoms with E-state index in [4.69, 9.17) is 5.84 Å². The van der Waals surface area contributed by atoms with Crippen LogP contribution >= 0.6 is 11.8 Å². The third-order valence-corrected chi connectivity index (χ3v) is 8.00. The summed E-state index contributed by atoms with van der Waals surface area (Å²) in [5, 5.41) is 8.99. The normalized spacial score (nSPS) is 11.9. The molecule has 30 heavy (non-hydrogen) atoms. The van der Waals surface area contributed by atoms with E-state index in [0.717, 1.165) is 5.75 Å². The molecule has 0 atom stereocenters. The number of nitrogens with two attached hydrogens (primary N) is 1. The molecule has 0 aliphatic heterocycles. The van der Waals surface area contributed by atoms with Gasteiger partial charge in [0.15, 0.2) is 5.82 Å². The van der Waals surface area contributed by atoms with Crippen molar-refractivity contribution in [3.63, 3.8) is 0 Å². The van der Waals surface area contributed by atoms with E-state index in [1.54, 1.807) is 24.3 Å². The fraction of sp³-hybridized carbons (Fsp3) is 0.333. The topological polar surface area (TPSA) is 94.1 Å². The van der Waals surface area contributed by atoms with Crippen LogP contribution in [0.3, 0.4) is 0 Å². The van der Waals surface area contributed by atoms with Crippen molar-refractivity contribution < 1.29 is 8.42 Å². The Bertz CT molecular complexity index is 1140. The Balaban J connectivity index is 1.86. The lowest BCUT2D eigenvalue weighted by Crippen LogP contribution is -2.30. The quantitative estimate of drug-likeness (QED) is 0.421. The first kappa shape index (κ1) is 22.3. The number of aromatic nitrogens is 3. The summed E-state index contributed by atoms with van der Waals surface area (Å²) in [6.45, 7) is 8.61. The molecule has 0 saturated carbocycles. The maximum absolute atomic E-state index is 12.8. The summed E-state index contributed by atoms with van der Waals surface area (Å²) in [6.07, 6.45) is 0. The lowest BCUT2D eigenvalue weighted by Gasteiger charge is -2.18. The highest BCUT2D eigenvalue weighted by Crippen LogP contribution is 2.27. The summed E-state index contributed by atoms with van der Waals surface area (Å²) in [4.78, 5) is 0.219. The molecule has 0 fully saturated rings. The van der Waals surface area contributed by atoms with E-state index >= 15 is 0 Å². The smallest absolute Gasteiger partial charge is 0.243 e. The van der Waals surface area contributed by atoms with Gasteiger partial charge in [-0.1, -0.05) is 61.5 Å². The highest BCUT2D eigenvalue weighted by molar-refractivity contribution is 7.98. The lowest BCUT2D eigenvalue weighted by atomic mass is 10.1. The van der Waals surface area contributed by atoms with Crippen LogP contribution in [0.25, 0.3) is 11.4 Å². The van der Waals surface area contributed by atoms with Crippen molar-refractivity contribution in [3.05, 3.63) is 59.2 Å². The van der Waals surface area contributed by atoms with Gasteiger partial charge in [-0.25, -0.2) is 13.1 Å². The largest absolute Gasteiger partial charge is 0.335 e. The third kappa shape index (κ3) is 4.53. The molecule has 3 rings (SSSR count). The molecule has 0 bridgehead atoms. The van der Waals surface area contributed by atoms with Crippen molar-refractivity contribution in [1.29, 1.82) is 0 Å². The van der Waals surface area contributed by atoms with Gasteiger partial charge in [-0.2, -0.15) is 4.31 Å². The van der Waals surface area contributed by atoms with Crippen LogP contribution in [0.4, 0.5) is 0 Å². The van der Waals surface area contributed by atoms with Crippen LogP contribution < -0.4 is 5.84 Å². The van der Waals surface area contributed by atoms with Crippen molar-refractivity contribution >= 4 is 21.8 Å². The molecule has 1 aromatic heterocycles. The Morgan fingerprint density at radius 3 is 2.50 bits per heavy atom. The molecule has 160 valence electrons. The van der Waals surface area contributed by atoms with Crippen LogP contribution in [-0.4, -0.2) is 40.7 Å². The zero-order chi connectivity index (χ0) is 21.9. The van der Waals surface area contributed by atoms with Crippen LogP contribution in [0, 0.1) is 13.8 Å². The molecule has 1 heterocycles. The SMILES string of the molecule is CCN(CC)S(=O)(=O)c1cccc(-c2nnc(SCc3cc(C)ccc3C)n2N)c1. The standard InChI is InChI=1S/C21H27N5O2S2/c1-5-25(6-2)30(27,28)19-9-7-8-17(13-19)20-23-24-21(26(20)22)29-14-18-12-15(3)10-11-16(18)4/h7-13H,5-6,14,22H2,1-4H3. The molecule has 7 nitrogen and oxygen atoms in total. The first-order valence-corrected chi connectivity index (χ1v) is 12.2. The minimum atomic E-state index is -3.56. The van der Waals surface area contributed by atoms with Crippen molar-refractivity contribution in [3.8, 4) is 11.4 Å². The summed E-state index contributed by atoms with van der Waals surface area (Å²) in [7, 11) is -3.56. The molecule has 2 N–H and O–H groups in total. The van der Waals surface area contributed by atoms with Gasteiger partial charge in [0.1, 0.15) is 0 Å². The van der Waals surface area contributed by atoms with Crippen LogP contribution in [0.15, 0.2) is 52.5 Å². The maximum atomic E-state index is 12.8. The number of hydrogen-bond donors (Lipinski definition) is 1. The Morgan fingerprint density at radius 2 is 1.80 bits per heavy atom. The summed E-state index contributed by atoms with van der Waals surface area (Å²) in [5.74, 6) is 7.40. The van der Waals surface area contributed by atoms with Crippen LogP contribution in [0.2, 0.25) is 0 Å². The molecule has 0 aliphatic carbocycles. The molecule has 3 aromatic rings. The molecule has 0 saturated heterocycles. The number of benzene rings is 2. The van der Waals surface area contributed by atoms with E-state index in [-0.39, 0.29) is 4.90 Å². The second-order valence-electron chi connectivity index (χ2n) is 7.01. The number of aryl methyl sites for hydroxylation is 2. The average Bonchev–Trinajstić information content (AvgIpc) is 3.10. The van der Waals surface area contributed by atoms with E-state index in [1.165, 1.54) is 37.4 Å². The lowest BCUT2D eigenvalue weighted by molar-refractivity contribution is 0.445. The number of rotatable bonds is 8.